The molecule has 0 aliphatic carbocycles. The van der Waals surface area contributed by atoms with E-state index in [9.17, 15) is 9.90 Å². The van der Waals surface area contributed by atoms with Gasteiger partial charge in [-0.05, 0) is 36.4 Å². The first kappa shape index (κ1) is 16.0. The van der Waals surface area contributed by atoms with E-state index >= 15 is 0 Å². The third-order valence-electron chi connectivity index (χ3n) is 3.75. The van der Waals surface area contributed by atoms with Crippen LogP contribution >= 0.6 is 11.3 Å². The maximum Gasteiger partial charge on any atom is 0.280 e. The number of aromatic nitrogens is 3. The number of anilines is 1. The Kier molecular flexibility index (Phi) is 4.20. The minimum atomic E-state index is -0.473. The third-order valence-corrected chi connectivity index (χ3v) is 4.57. The smallest absolute Gasteiger partial charge is 0.280 e. The Morgan fingerprint density at radius 3 is 2.54 bits per heavy atom. The molecule has 0 saturated carbocycles. The second-order valence-electron chi connectivity index (χ2n) is 5.51. The zero-order valence-electron chi connectivity index (χ0n) is 13.5. The fourth-order valence-corrected chi connectivity index (χ4v) is 3.14. The number of hydrogen-bond acceptors (Lipinski definition) is 5. The Labute approximate surface area is 153 Å². The predicted molar refractivity (Wildman–Crippen MR) is 101 cm³/mol. The van der Waals surface area contributed by atoms with E-state index < -0.39 is 5.91 Å². The predicted octanol–water partition coefficient (Wildman–Crippen LogP) is 3.95. The number of aromatic hydroxyl groups is 1. The van der Waals surface area contributed by atoms with Crippen LogP contribution < -0.4 is 5.32 Å². The molecule has 6 nitrogen and oxygen atoms in total. The summed E-state index contributed by atoms with van der Waals surface area (Å²) in [7, 11) is 0. The lowest BCUT2D eigenvalue weighted by Crippen LogP contribution is -2.13. The Morgan fingerprint density at radius 2 is 1.85 bits per heavy atom. The molecule has 0 aliphatic rings. The summed E-state index contributed by atoms with van der Waals surface area (Å²) < 4.78 is 1.47. The lowest BCUT2D eigenvalue weighted by atomic mass is 10.2. The van der Waals surface area contributed by atoms with Gasteiger partial charge in [0.05, 0.1) is 11.9 Å². The first-order chi connectivity index (χ1) is 12.7. The zero-order chi connectivity index (χ0) is 17.9. The molecule has 0 bridgehead atoms. The van der Waals surface area contributed by atoms with E-state index in [0.717, 1.165) is 16.3 Å². The van der Waals surface area contributed by atoms with Gasteiger partial charge < -0.3 is 10.4 Å². The van der Waals surface area contributed by atoms with E-state index in [1.54, 1.807) is 29.7 Å². The van der Waals surface area contributed by atoms with Gasteiger partial charge in [0.1, 0.15) is 5.01 Å². The lowest BCUT2D eigenvalue weighted by molar-refractivity contribution is 0.101. The summed E-state index contributed by atoms with van der Waals surface area (Å²) in [6, 6.07) is 16.6. The number of carbonyl (C=O) groups excluding carboxylic acids is 1. The van der Waals surface area contributed by atoms with Crippen LogP contribution in [0.3, 0.4) is 0 Å². The average Bonchev–Trinajstić information content (AvgIpc) is 3.33. The van der Waals surface area contributed by atoms with Crippen molar-refractivity contribution in [1.82, 2.24) is 14.8 Å². The highest BCUT2D eigenvalue weighted by atomic mass is 32.1. The summed E-state index contributed by atoms with van der Waals surface area (Å²) in [5, 5.41) is 19.8. The Hall–Kier alpha value is -3.45. The van der Waals surface area contributed by atoms with E-state index in [1.165, 1.54) is 10.9 Å². The van der Waals surface area contributed by atoms with E-state index in [0.29, 0.717) is 5.69 Å². The van der Waals surface area contributed by atoms with Gasteiger partial charge in [0.2, 0.25) is 0 Å². The van der Waals surface area contributed by atoms with Crippen molar-refractivity contribution in [3.8, 4) is 22.0 Å². The molecule has 26 heavy (non-hydrogen) atoms. The number of thiazole rings is 1. The fourth-order valence-electron chi connectivity index (χ4n) is 2.49. The van der Waals surface area contributed by atoms with Crippen LogP contribution in [0.1, 0.15) is 10.5 Å². The van der Waals surface area contributed by atoms with Gasteiger partial charge in [0.25, 0.3) is 5.91 Å². The van der Waals surface area contributed by atoms with Crippen molar-refractivity contribution >= 4 is 22.9 Å². The van der Waals surface area contributed by atoms with Gasteiger partial charge in [0, 0.05) is 22.8 Å². The molecule has 0 unspecified atom stereocenters. The van der Waals surface area contributed by atoms with Crippen molar-refractivity contribution < 1.29 is 9.90 Å². The first-order valence-electron chi connectivity index (χ1n) is 7.86. The van der Waals surface area contributed by atoms with E-state index in [2.05, 4.69) is 15.4 Å². The lowest BCUT2D eigenvalue weighted by Gasteiger charge is -2.04. The topological polar surface area (TPSA) is 80.0 Å². The summed E-state index contributed by atoms with van der Waals surface area (Å²) in [5.74, 6) is -0.648. The van der Waals surface area contributed by atoms with Crippen LogP contribution in [0.4, 0.5) is 5.69 Å². The second-order valence-corrected chi connectivity index (χ2v) is 6.41. The fraction of sp³-hybridized carbons (Fsp3) is 0. The number of hydrogen-bond donors (Lipinski definition) is 2. The molecule has 4 rings (SSSR count). The van der Waals surface area contributed by atoms with Crippen LogP contribution in [0.25, 0.3) is 16.3 Å². The minimum Gasteiger partial charge on any atom is -0.504 e. The molecule has 0 atom stereocenters. The van der Waals surface area contributed by atoms with Crippen molar-refractivity contribution in [3.05, 3.63) is 78.1 Å². The summed E-state index contributed by atoms with van der Waals surface area (Å²) in [6.45, 7) is 0. The molecule has 0 saturated heterocycles. The monoisotopic (exact) mass is 362 g/mol. The Balaban J connectivity index is 1.52. The first-order valence-corrected chi connectivity index (χ1v) is 8.74. The van der Waals surface area contributed by atoms with Crippen LogP contribution in [0, 0.1) is 0 Å². The molecule has 128 valence electrons. The molecular weight excluding hydrogens is 348 g/mol. The normalized spacial score (nSPS) is 10.6. The highest BCUT2D eigenvalue weighted by Crippen LogP contribution is 2.24. The number of benzene rings is 2. The number of nitrogens with one attached hydrogen (secondary N) is 1. The van der Waals surface area contributed by atoms with Crippen molar-refractivity contribution in [2.24, 2.45) is 0 Å². The summed E-state index contributed by atoms with van der Waals surface area (Å²) in [4.78, 5) is 16.7. The van der Waals surface area contributed by atoms with Gasteiger partial charge in [0.15, 0.2) is 11.4 Å². The molecule has 2 N–H and O–H groups in total. The highest BCUT2D eigenvalue weighted by molar-refractivity contribution is 7.13. The SMILES string of the molecule is O=C(Nc1ccc(-c2nccs2)cc1)c1nn(-c2ccccc2)cc1O. The largest absolute Gasteiger partial charge is 0.504 e. The van der Waals surface area contributed by atoms with Gasteiger partial charge in [-0.15, -0.1) is 11.3 Å². The van der Waals surface area contributed by atoms with Crippen LogP contribution in [0.5, 0.6) is 5.75 Å². The number of para-hydroxylation sites is 1. The molecule has 1 amide bonds. The highest BCUT2D eigenvalue weighted by Gasteiger charge is 2.17. The van der Waals surface area contributed by atoms with Gasteiger partial charge >= 0.3 is 0 Å². The summed E-state index contributed by atoms with van der Waals surface area (Å²) >= 11 is 1.55. The maximum absolute atomic E-state index is 12.4. The molecule has 0 radical (unpaired) electrons. The molecule has 2 heterocycles. The molecule has 2 aromatic carbocycles. The van der Waals surface area contributed by atoms with Crippen molar-refractivity contribution in [2.45, 2.75) is 0 Å². The number of carbonyl (C=O) groups is 1. The van der Waals surface area contributed by atoms with Crippen LogP contribution in [-0.2, 0) is 0 Å². The number of nitrogens with zero attached hydrogens (tertiary/aromatic N) is 3. The maximum atomic E-state index is 12.4. The van der Waals surface area contributed by atoms with Crippen LogP contribution in [0.15, 0.2) is 72.4 Å². The minimum absolute atomic E-state index is 0.0298. The van der Waals surface area contributed by atoms with Crippen LogP contribution in [0.2, 0.25) is 0 Å². The van der Waals surface area contributed by atoms with E-state index in [1.807, 2.05) is 47.8 Å². The van der Waals surface area contributed by atoms with Crippen molar-refractivity contribution in [1.29, 1.82) is 0 Å². The number of rotatable bonds is 4. The van der Waals surface area contributed by atoms with Gasteiger partial charge in [-0.25, -0.2) is 9.67 Å². The van der Waals surface area contributed by atoms with Crippen LogP contribution in [-0.4, -0.2) is 25.8 Å². The van der Waals surface area contributed by atoms with E-state index in [4.69, 9.17) is 0 Å². The summed E-state index contributed by atoms with van der Waals surface area (Å²) in [5.41, 5.74) is 2.32. The molecule has 7 heteroatoms. The zero-order valence-corrected chi connectivity index (χ0v) is 14.4. The molecule has 0 spiro atoms. The Bertz CT molecular complexity index is 1030. The standard InChI is InChI=1S/C19H14N4O2S/c24-16-12-23(15-4-2-1-3-5-15)22-17(16)18(25)21-14-8-6-13(7-9-14)19-20-10-11-26-19/h1-12,24H,(H,21,25). The third kappa shape index (κ3) is 3.20. The second kappa shape index (κ2) is 6.81. The van der Waals surface area contributed by atoms with Crippen molar-refractivity contribution in [3.63, 3.8) is 0 Å². The molecular formula is C19H14N4O2S. The molecule has 0 fully saturated rings. The van der Waals surface area contributed by atoms with Gasteiger partial charge in [-0.1, -0.05) is 18.2 Å². The molecule has 0 aliphatic heterocycles. The number of amides is 1. The van der Waals surface area contributed by atoms with Crippen molar-refractivity contribution in [2.75, 3.05) is 5.32 Å². The molecule has 4 aromatic rings. The average molecular weight is 362 g/mol. The molecule has 2 aromatic heterocycles. The Morgan fingerprint density at radius 1 is 1.08 bits per heavy atom. The van der Waals surface area contributed by atoms with E-state index in [-0.39, 0.29) is 11.4 Å². The quantitative estimate of drug-likeness (QED) is 0.576. The van der Waals surface area contributed by atoms with Gasteiger partial charge in [-0.2, -0.15) is 5.10 Å². The van der Waals surface area contributed by atoms with Gasteiger partial charge in [-0.3, -0.25) is 4.79 Å². The summed E-state index contributed by atoms with van der Waals surface area (Å²) in [6.07, 6.45) is 3.16.